The molecule has 1 fully saturated rings. The minimum Gasteiger partial charge on any atom is -0.497 e. The molecule has 1 aliphatic heterocycles. The van der Waals surface area contributed by atoms with Crippen LogP contribution in [-0.4, -0.2) is 30.6 Å². The number of aromatic nitrogens is 1. The van der Waals surface area contributed by atoms with Crippen molar-refractivity contribution in [3.63, 3.8) is 0 Å². The molecule has 2 aromatic rings. The van der Waals surface area contributed by atoms with Gasteiger partial charge in [0.1, 0.15) is 5.75 Å². The molecule has 0 radical (unpaired) electrons. The molecule has 0 unspecified atom stereocenters. The van der Waals surface area contributed by atoms with Crippen LogP contribution >= 0.6 is 11.8 Å². The molecular formula is C17H21NO2S. The molecule has 1 aromatic carbocycles. The Kier molecular flexibility index (Phi) is 4.66. The summed E-state index contributed by atoms with van der Waals surface area (Å²) < 4.78 is 11.1. The number of rotatable bonds is 4. The second-order valence-electron chi connectivity index (χ2n) is 5.46. The molecule has 21 heavy (non-hydrogen) atoms. The zero-order chi connectivity index (χ0) is 14.7. The molecule has 1 aliphatic rings. The number of hydrogen-bond donors (Lipinski definition) is 0. The van der Waals surface area contributed by atoms with Gasteiger partial charge in [-0.25, -0.2) is 4.98 Å². The fraction of sp³-hybridized carbons (Fsp3) is 0.471. The summed E-state index contributed by atoms with van der Waals surface area (Å²) >= 11 is 1.79. The highest BCUT2D eigenvalue weighted by Gasteiger charge is 2.14. The monoisotopic (exact) mass is 303 g/mol. The Bertz CT molecular complexity index is 623. The van der Waals surface area contributed by atoms with E-state index in [1.54, 1.807) is 18.9 Å². The van der Waals surface area contributed by atoms with Gasteiger partial charge in [-0.15, -0.1) is 11.8 Å². The smallest absolute Gasteiger partial charge is 0.121 e. The van der Waals surface area contributed by atoms with E-state index in [0.717, 1.165) is 28.7 Å². The fourth-order valence-corrected chi connectivity index (χ4v) is 3.71. The molecule has 1 saturated heterocycles. The lowest BCUT2D eigenvalue weighted by molar-refractivity contribution is 0.0315. The van der Waals surface area contributed by atoms with E-state index in [0.29, 0.717) is 6.10 Å². The SMILES string of the molecule is COc1ccc2c(C)cc(SC[C@@H]3CCCCO3)nc2c1. The third kappa shape index (κ3) is 3.50. The second-order valence-corrected chi connectivity index (χ2v) is 6.50. The number of ether oxygens (including phenoxy) is 2. The summed E-state index contributed by atoms with van der Waals surface area (Å²) in [6.07, 6.45) is 4.04. The molecule has 0 saturated carbocycles. The van der Waals surface area contributed by atoms with Crippen LogP contribution in [0.4, 0.5) is 0 Å². The molecule has 0 amide bonds. The number of benzene rings is 1. The van der Waals surface area contributed by atoms with E-state index in [1.165, 1.54) is 30.2 Å². The minimum absolute atomic E-state index is 0.381. The summed E-state index contributed by atoms with van der Waals surface area (Å²) in [5.74, 6) is 1.84. The van der Waals surface area contributed by atoms with Crippen LogP contribution in [-0.2, 0) is 4.74 Å². The van der Waals surface area contributed by atoms with E-state index in [1.807, 2.05) is 12.1 Å². The van der Waals surface area contributed by atoms with Crippen LogP contribution in [0.3, 0.4) is 0 Å². The van der Waals surface area contributed by atoms with Crippen LogP contribution in [0, 0.1) is 6.92 Å². The first kappa shape index (κ1) is 14.7. The molecule has 0 spiro atoms. The van der Waals surface area contributed by atoms with Crippen LogP contribution in [0.15, 0.2) is 29.3 Å². The number of hydrogen-bond acceptors (Lipinski definition) is 4. The van der Waals surface area contributed by atoms with Crippen molar-refractivity contribution in [3.8, 4) is 5.75 Å². The zero-order valence-corrected chi connectivity index (χ0v) is 13.4. The Morgan fingerprint density at radius 1 is 1.33 bits per heavy atom. The molecule has 0 bridgehead atoms. The van der Waals surface area contributed by atoms with Crippen molar-refractivity contribution in [2.45, 2.75) is 37.3 Å². The molecular weight excluding hydrogens is 282 g/mol. The standard InChI is InChI=1S/C17H21NO2S/c1-12-9-17(21-11-14-5-3-4-8-20-14)18-16-10-13(19-2)6-7-15(12)16/h6-7,9-10,14H,3-5,8,11H2,1-2H3/t14-/m0/s1. The molecule has 3 rings (SSSR count). The maximum absolute atomic E-state index is 5.79. The van der Waals surface area contributed by atoms with Crippen molar-refractivity contribution in [2.24, 2.45) is 0 Å². The number of nitrogens with zero attached hydrogens (tertiary/aromatic N) is 1. The lowest BCUT2D eigenvalue weighted by Gasteiger charge is -2.22. The maximum atomic E-state index is 5.79. The molecule has 0 aliphatic carbocycles. The lowest BCUT2D eigenvalue weighted by atomic mass is 10.1. The van der Waals surface area contributed by atoms with Crippen molar-refractivity contribution < 1.29 is 9.47 Å². The largest absolute Gasteiger partial charge is 0.497 e. The number of pyridine rings is 1. The van der Waals surface area contributed by atoms with Gasteiger partial charge in [0.25, 0.3) is 0 Å². The summed E-state index contributed by atoms with van der Waals surface area (Å²) in [5, 5.41) is 2.26. The van der Waals surface area contributed by atoms with E-state index < -0.39 is 0 Å². The summed E-state index contributed by atoms with van der Waals surface area (Å²) in [7, 11) is 1.69. The molecule has 0 N–H and O–H groups in total. The molecule has 3 nitrogen and oxygen atoms in total. The number of methoxy groups -OCH3 is 1. The predicted molar refractivity (Wildman–Crippen MR) is 87.3 cm³/mol. The van der Waals surface area contributed by atoms with Crippen molar-refractivity contribution >= 4 is 22.7 Å². The quantitative estimate of drug-likeness (QED) is 0.792. The van der Waals surface area contributed by atoms with Gasteiger partial charge in [0.2, 0.25) is 0 Å². The topological polar surface area (TPSA) is 31.4 Å². The third-order valence-electron chi connectivity index (χ3n) is 3.89. The average Bonchev–Trinajstić information content (AvgIpc) is 2.53. The molecule has 1 aromatic heterocycles. The third-order valence-corrected chi connectivity index (χ3v) is 4.93. The normalized spacial score (nSPS) is 18.9. The van der Waals surface area contributed by atoms with Crippen molar-refractivity contribution in [1.82, 2.24) is 4.98 Å². The van der Waals surface area contributed by atoms with Crippen molar-refractivity contribution in [2.75, 3.05) is 19.5 Å². The zero-order valence-electron chi connectivity index (χ0n) is 12.6. The van der Waals surface area contributed by atoms with E-state index in [9.17, 15) is 0 Å². The van der Waals surface area contributed by atoms with Crippen LogP contribution in [0.5, 0.6) is 5.75 Å². The van der Waals surface area contributed by atoms with Gasteiger partial charge in [-0.1, -0.05) is 0 Å². The first-order valence-corrected chi connectivity index (χ1v) is 8.44. The summed E-state index contributed by atoms with van der Waals surface area (Å²) in [4.78, 5) is 4.76. The van der Waals surface area contributed by atoms with Gasteiger partial charge in [-0.05, 0) is 49.9 Å². The van der Waals surface area contributed by atoms with Gasteiger partial charge in [0.05, 0.1) is 23.8 Å². The van der Waals surface area contributed by atoms with Crippen LogP contribution in [0.1, 0.15) is 24.8 Å². The second kappa shape index (κ2) is 6.67. The first-order valence-electron chi connectivity index (χ1n) is 7.46. The Balaban J connectivity index is 1.78. The van der Waals surface area contributed by atoms with Crippen LogP contribution < -0.4 is 4.74 Å². The molecule has 4 heteroatoms. The number of aryl methyl sites for hydroxylation is 1. The van der Waals surface area contributed by atoms with Crippen molar-refractivity contribution in [1.29, 1.82) is 0 Å². The van der Waals surface area contributed by atoms with E-state index in [4.69, 9.17) is 14.5 Å². The first-order chi connectivity index (χ1) is 10.3. The van der Waals surface area contributed by atoms with E-state index in [-0.39, 0.29) is 0 Å². The highest BCUT2D eigenvalue weighted by atomic mass is 32.2. The number of thioether (sulfide) groups is 1. The van der Waals surface area contributed by atoms with Gasteiger partial charge in [-0.2, -0.15) is 0 Å². The molecule has 2 heterocycles. The Hall–Kier alpha value is -1.26. The Labute approximate surface area is 130 Å². The van der Waals surface area contributed by atoms with Crippen LogP contribution in [0.25, 0.3) is 10.9 Å². The molecule has 112 valence electrons. The van der Waals surface area contributed by atoms with E-state index in [2.05, 4.69) is 19.1 Å². The Morgan fingerprint density at radius 3 is 3.00 bits per heavy atom. The minimum atomic E-state index is 0.381. The Morgan fingerprint density at radius 2 is 2.24 bits per heavy atom. The fourth-order valence-electron chi connectivity index (χ4n) is 2.67. The summed E-state index contributed by atoms with van der Waals surface area (Å²) in [6.45, 7) is 3.05. The summed E-state index contributed by atoms with van der Waals surface area (Å²) in [6, 6.07) is 8.24. The molecule has 1 atom stereocenters. The summed E-state index contributed by atoms with van der Waals surface area (Å²) in [5.41, 5.74) is 2.26. The van der Waals surface area contributed by atoms with Gasteiger partial charge in [0.15, 0.2) is 0 Å². The van der Waals surface area contributed by atoms with Crippen LogP contribution in [0.2, 0.25) is 0 Å². The number of fused-ring (bicyclic) bond motifs is 1. The van der Waals surface area contributed by atoms with Gasteiger partial charge in [0, 0.05) is 23.8 Å². The van der Waals surface area contributed by atoms with Gasteiger partial charge < -0.3 is 9.47 Å². The van der Waals surface area contributed by atoms with E-state index >= 15 is 0 Å². The maximum Gasteiger partial charge on any atom is 0.121 e. The van der Waals surface area contributed by atoms with Gasteiger partial charge >= 0.3 is 0 Å². The lowest BCUT2D eigenvalue weighted by Crippen LogP contribution is -2.21. The highest BCUT2D eigenvalue weighted by molar-refractivity contribution is 7.99. The van der Waals surface area contributed by atoms with Crippen molar-refractivity contribution in [3.05, 3.63) is 29.8 Å². The highest BCUT2D eigenvalue weighted by Crippen LogP contribution is 2.28. The van der Waals surface area contributed by atoms with Gasteiger partial charge in [-0.3, -0.25) is 0 Å². The average molecular weight is 303 g/mol. The predicted octanol–water partition coefficient (Wildman–Crippen LogP) is 4.21.